The van der Waals surface area contributed by atoms with Crippen molar-refractivity contribution in [3.05, 3.63) is 45.7 Å². The topological polar surface area (TPSA) is 12.0 Å². The molecule has 0 aliphatic heterocycles. The van der Waals surface area contributed by atoms with E-state index in [1.807, 2.05) is 12.1 Å². The molecule has 2 rings (SSSR count). The SMILES string of the molecule is CCCNC(CC1=CCCCC1)Cc1ccc(F)c(Br)c1. The first-order chi connectivity index (χ1) is 10.2. The van der Waals surface area contributed by atoms with E-state index in [0.717, 1.165) is 25.8 Å². The average Bonchev–Trinajstić information content (AvgIpc) is 2.49. The molecule has 1 aliphatic carbocycles. The van der Waals surface area contributed by atoms with E-state index in [0.29, 0.717) is 10.5 Å². The number of hydrogen-bond acceptors (Lipinski definition) is 1. The lowest BCUT2D eigenvalue weighted by atomic mass is 9.92. The van der Waals surface area contributed by atoms with Crippen LogP contribution in [0, 0.1) is 5.82 Å². The summed E-state index contributed by atoms with van der Waals surface area (Å²) >= 11 is 3.28. The maximum Gasteiger partial charge on any atom is 0.137 e. The van der Waals surface area contributed by atoms with Gasteiger partial charge in [-0.1, -0.05) is 24.6 Å². The monoisotopic (exact) mass is 353 g/mol. The summed E-state index contributed by atoms with van der Waals surface area (Å²) in [5.74, 6) is -0.188. The van der Waals surface area contributed by atoms with Gasteiger partial charge in [-0.15, -0.1) is 0 Å². The van der Waals surface area contributed by atoms with Crippen LogP contribution in [0.3, 0.4) is 0 Å². The zero-order valence-corrected chi connectivity index (χ0v) is 14.4. The highest BCUT2D eigenvalue weighted by Gasteiger charge is 2.14. The van der Waals surface area contributed by atoms with Crippen LogP contribution in [0.2, 0.25) is 0 Å². The van der Waals surface area contributed by atoms with E-state index in [4.69, 9.17) is 0 Å². The maximum absolute atomic E-state index is 13.3. The molecule has 0 fully saturated rings. The molecule has 1 aromatic carbocycles. The predicted octanol–water partition coefficient (Wildman–Crippen LogP) is 5.39. The normalized spacial score (nSPS) is 16.6. The molecule has 1 aliphatic rings. The molecular formula is C18H25BrFN. The molecule has 0 radical (unpaired) electrons. The van der Waals surface area contributed by atoms with Gasteiger partial charge in [0.25, 0.3) is 0 Å². The molecule has 3 heteroatoms. The van der Waals surface area contributed by atoms with Gasteiger partial charge < -0.3 is 5.32 Å². The molecule has 0 bridgehead atoms. The minimum absolute atomic E-state index is 0.188. The smallest absolute Gasteiger partial charge is 0.137 e. The molecule has 0 saturated carbocycles. The molecule has 0 spiro atoms. The second kappa shape index (κ2) is 8.70. The third-order valence-corrected chi connectivity index (χ3v) is 4.65. The summed E-state index contributed by atoms with van der Waals surface area (Å²) in [4.78, 5) is 0. The first-order valence-electron chi connectivity index (χ1n) is 8.04. The minimum Gasteiger partial charge on any atom is -0.313 e. The summed E-state index contributed by atoms with van der Waals surface area (Å²) < 4.78 is 13.9. The third-order valence-electron chi connectivity index (χ3n) is 4.04. The number of allylic oxidation sites excluding steroid dienone is 1. The van der Waals surface area contributed by atoms with Crippen LogP contribution in [0.4, 0.5) is 4.39 Å². The van der Waals surface area contributed by atoms with Gasteiger partial charge in [0.05, 0.1) is 4.47 Å². The fraction of sp³-hybridized carbons (Fsp3) is 0.556. The van der Waals surface area contributed by atoms with Gasteiger partial charge in [0.2, 0.25) is 0 Å². The average molecular weight is 354 g/mol. The van der Waals surface area contributed by atoms with Crippen molar-refractivity contribution in [3.63, 3.8) is 0 Å². The van der Waals surface area contributed by atoms with Crippen LogP contribution in [0.15, 0.2) is 34.3 Å². The first kappa shape index (κ1) is 16.7. The Labute approximate surface area is 136 Å². The predicted molar refractivity (Wildman–Crippen MR) is 91.1 cm³/mol. The molecule has 21 heavy (non-hydrogen) atoms. The second-order valence-corrected chi connectivity index (χ2v) is 6.77. The van der Waals surface area contributed by atoms with E-state index in [1.165, 1.54) is 31.2 Å². The van der Waals surface area contributed by atoms with Gasteiger partial charge in [0.15, 0.2) is 0 Å². The molecule has 1 unspecified atom stereocenters. The van der Waals surface area contributed by atoms with Gasteiger partial charge in [-0.05, 0) is 85.1 Å². The molecule has 0 saturated heterocycles. The van der Waals surface area contributed by atoms with Crippen molar-refractivity contribution in [1.29, 1.82) is 0 Å². The van der Waals surface area contributed by atoms with E-state index >= 15 is 0 Å². The van der Waals surface area contributed by atoms with Gasteiger partial charge in [0, 0.05) is 6.04 Å². The van der Waals surface area contributed by atoms with E-state index in [2.05, 4.69) is 34.2 Å². The summed E-state index contributed by atoms with van der Waals surface area (Å²) in [6, 6.07) is 5.81. The van der Waals surface area contributed by atoms with Crippen LogP contribution in [-0.2, 0) is 6.42 Å². The van der Waals surface area contributed by atoms with Gasteiger partial charge in [0.1, 0.15) is 5.82 Å². The molecule has 0 heterocycles. The van der Waals surface area contributed by atoms with Crippen molar-refractivity contribution in [1.82, 2.24) is 5.32 Å². The van der Waals surface area contributed by atoms with Crippen molar-refractivity contribution < 1.29 is 4.39 Å². The number of nitrogens with one attached hydrogen (secondary N) is 1. The van der Waals surface area contributed by atoms with Crippen molar-refractivity contribution in [3.8, 4) is 0 Å². The van der Waals surface area contributed by atoms with E-state index in [-0.39, 0.29) is 5.82 Å². The molecule has 1 aromatic rings. The Morgan fingerprint density at radius 3 is 2.81 bits per heavy atom. The molecule has 1 nitrogen and oxygen atoms in total. The molecule has 116 valence electrons. The second-order valence-electron chi connectivity index (χ2n) is 5.92. The molecular weight excluding hydrogens is 329 g/mol. The van der Waals surface area contributed by atoms with Crippen LogP contribution in [-0.4, -0.2) is 12.6 Å². The Kier molecular flexibility index (Phi) is 6.91. The van der Waals surface area contributed by atoms with Crippen LogP contribution >= 0.6 is 15.9 Å². The zero-order chi connectivity index (χ0) is 15.1. The Balaban J connectivity index is 2.00. The van der Waals surface area contributed by atoms with E-state index in [9.17, 15) is 4.39 Å². The highest BCUT2D eigenvalue weighted by molar-refractivity contribution is 9.10. The van der Waals surface area contributed by atoms with Gasteiger partial charge in [-0.2, -0.15) is 0 Å². The summed E-state index contributed by atoms with van der Waals surface area (Å²) in [5.41, 5.74) is 2.78. The summed E-state index contributed by atoms with van der Waals surface area (Å²) in [5, 5.41) is 3.65. The largest absolute Gasteiger partial charge is 0.313 e. The van der Waals surface area contributed by atoms with Crippen LogP contribution in [0.1, 0.15) is 51.0 Å². The zero-order valence-electron chi connectivity index (χ0n) is 12.8. The van der Waals surface area contributed by atoms with Crippen molar-refractivity contribution in [2.24, 2.45) is 0 Å². The van der Waals surface area contributed by atoms with E-state index < -0.39 is 0 Å². The van der Waals surface area contributed by atoms with Crippen LogP contribution in [0.5, 0.6) is 0 Å². The Morgan fingerprint density at radius 2 is 2.14 bits per heavy atom. The van der Waals surface area contributed by atoms with Gasteiger partial charge in [-0.25, -0.2) is 4.39 Å². The molecule has 0 aromatic heterocycles. The van der Waals surface area contributed by atoms with Crippen LogP contribution < -0.4 is 5.32 Å². The van der Waals surface area contributed by atoms with Crippen molar-refractivity contribution in [2.75, 3.05) is 6.54 Å². The minimum atomic E-state index is -0.188. The highest BCUT2D eigenvalue weighted by Crippen LogP contribution is 2.24. The lowest BCUT2D eigenvalue weighted by molar-refractivity contribution is 0.490. The lowest BCUT2D eigenvalue weighted by Crippen LogP contribution is -2.32. The van der Waals surface area contributed by atoms with Crippen LogP contribution in [0.25, 0.3) is 0 Å². The lowest BCUT2D eigenvalue weighted by Gasteiger charge is -2.22. The summed E-state index contributed by atoms with van der Waals surface area (Å²) in [6.07, 6.45) is 10.8. The van der Waals surface area contributed by atoms with E-state index in [1.54, 1.807) is 11.6 Å². The fourth-order valence-electron chi connectivity index (χ4n) is 2.92. The van der Waals surface area contributed by atoms with Crippen molar-refractivity contribution >= 4 is 15.9 Å². The number of halogens is 2. The quantitative estimate of drug-likeness (QED) is 0.648. The molecule has 1 N–H and O–H groups in total. The summed E-state index contributed by atoms with van der Waals surface area (Å²) in [6.45, 7) is 3.23. The first-order valence-corrected chi connectivity index (χ1v) is 8.83. The Morgan fingerprint density at radius 1 is 1.29 bits per heavy atom. The number of rotatable bonds is 7. The Hall–Kier alpha value is -0.670. The number of hydrogen-bond donors (Lipinski definition) is 1. The van der Waals surface area contributed by atoms with Gasteiger partial charge >= 0.3 is 0 Å². The Bertz CT molecular complexity index is 484. The van der Waals surface area contributed by atoms with Crippen molar-refractivity contribution in [2.45, 2.75) is 57.9 Å². The van der Waals surface area contributed by atoms with Gasteiger partial charge in [-0.3, -0.25) is 0 Å². The molecule has 1 atom stereocenters. The number of benzene rings is 1. The fourth-order valence-corrected chi connectivity index (χ4v) is 3.35. The summed E-state index contributed by atoms with van der Waals surface area (Å²) in [7, 11) is 0. The highest BCUT2D eigenvalue weighted by atomic mass is 79.9. The third kappa shape index (κ3) is 5.55. The standard InChI is InChI=1S/C18H25BrFN/c1-2-10-21-16(11-14-6-4-3-5-7-14)12-15-8-9-18(20)17(19)13-15/h6,8-9,13,16,21H,2-5,7,10-12H2,1H3. The molecule has 0 amide bonds. The maximum atomic E-state index is 13.3.